The predicted molar refractivity (Wildman–Crippen MR) is 99.4 cm³/mol. The minimum Gasteiger partial charge on any atom is -0.321 e. The van der Waals surface area contributed by atoms with Crippen molar-refractivity contribution in [1.29, 1.82) is 0 Å². The smallest absolute Gasteiger partial charge is 0.255 e. The van der Waals surface area contributed by atoms with Crippen LogP contribution in [0.15, 0.2) is 58.3 Å². The number of anilines is 1. The molecule has 2 aromatic carbocycles. The highest BCUT2D eigenvalue weighted by atomic mass is 32.2. The first-order chi connectivity index (χ1) is 12.1. The fourth-order valence-electron chi connectivity index (χ4n) is 2.18. The summed E-state index contributed by atoms with van der Waals surface area (Å²) in [5, 5.41) is 2.57. The van der Waals surface area contributed by atoms with Gasteiger partial charge in [-0.05, 0) is 36.4 Å². The van der Waals surface area contributed by atoms with Crippen LogP contribution in [0, 0.1) is 0 Å². The monoisotopic (exact) mass is 396 g/mol. The van der Waals surface area contributed by atoms with Crippen molar-refractivity contribution >= 4 is 31.5 Å². The number of carbonyl (C=O) groups excluding carboxylic acids is 1. The predicted octanol–water partition coefficient (Wildman–Crippen LogP) is 1.98. The van der Waals surface area contributed by atoms with Gasteiger partial charge in [-0.2, -0.15) is 0 Å². The summed E-state index contributed by atoms with van der Waals surface area (Å²) in [4.78, 5) is 12.5. The highest BCUT2D eigenvalue weighted by Gasteiger charge is 2.20. The Bertz CT molecular complexity index is 1010. The quantitative estimate of drug-likeness (QED) is 0.805. The molecule has 7 nitrogen and oxygen atoms in total. The van der Waals surface area contributed by atoms with E-state index in [9.17, 15) is 21.6 Å². The molecule has 1 amide bonds. The molecule has 2 rings (SSSR count). The van der Waals surface area contributed by atoms with Gasteiger partial charge in [0.15, 0.2) is 9.84 Å². The molecule has 1 N–H and O–H groups in total. The number of hydrogen-bond donors (Lipinski definition) is 1. The van der Waals surface area contributed by atoms with Gasteiger partial charge in [0, 0.05) is 19.7 Å². The van der Waals surface area contributed by atoms with Crippen LogP contribution in [-0.2, 0) is 19.9 Å². The standard InChI is InChI=1S/C17H20N2O5S2/c1-4-25(21,22)16-8-6-5-7-15(16)18-17(20)13-9-11-14(12-10-13)26(23,24)19(2)3/h5-12H,4H2,1-3H3,(H,18,20). The molecule has 0 aromatic heterocycles. The molecule has 0 bridgehead atoms. The van der Waals surface area contributed by atoms with Gasteiger partial charge in [0.25, 0.3) is 5.91 Å². The maximum Gasteiger partial charge on any atom is 0.255 e. The molecule has 0 aliphatic heterocycles. The maximum atomic E-state index is 12.4. The average molecular weight is 396 g/mol. The summed E-state index contributed by atoms with van der Waals surface area (Å²) in [7, 11) is -4.24. The van der Waals surface area contributed by atoms with E-state index in [2.05, 4.69) is 5.32 Å². The highest BCUT2D eigenvalue weighted by molar-refractivity contribution is 7.91. The van der Waals surface area contributed by atoms with Crippen molar-refractivity contribution < 1.29 is 21.6 Å². The normalized spacial score (nSPS) is 12.2. The van der Waals surface area contributed by atoms with Crippen LogP contribution in [0.25, 0.3) is 0 Å². The molecule has 0 fully saturated rings. The number of rotatable bonds is 6. The van der Waals surface area contributed by atoms with E-state index in [0.717, 1.165) is 4.31 Å². The van der Waals surface area contributed by atoms with E-state index in [-0.39, 0.29) is 26.8 Å². The lowest BCUT2D eigenvalue weighted by atomic mass is 10.2. The third-order valence-electron chi connectivity index (χ3n) is 3.75. The van der Waals surface area contributed by atoms with E-state index in [1.54, 1.807) is 12.1 Å². The van der Waals surface area contributed by atoms with Crippen LogP contribution in [0.4, 0.5) is 5.69 Å². The van der Waals surface area contributed by atoms with Crippen molar-refractivity contribution in [1.82, 2.24) is 4.31 Å². The lowest BCUT2D eigenvalue weighted by Gasteiger charge is -2.13. The Morgan fingerprint density at radius 2 is 1.54 bits per heavy atom. The molecule has 0 atom stereocenters. The third-order valence-corrected chi connectivity index (χ3v) is 7.36. The summed E-state index contributed by atoms with van der Waals surface area (Å²) in [6.45, 7) is 1.53. The molecule has 0 aliphatic rings. The van der Waals surface area contributed by atoms with Crippen LogP contribution >= 0.6 is 0 Å². The molecular weight excluding hydrogens is 376 g/mol. The second-order valence-corrected chi connectivity index (χ2v) is 10.1. The van der Waals surface area contributed by atoms with Crippen molar-refractivity contribution in [2.75, 3.05) is 25.2 Å². The summed E-state index contributed by atoms with van der Waals surface area (Å²) in [5.41, 5.74) is 0.399. The van der Waals surface area contributed by atoms with Crippen molar-refractivity contribution in [3.8, 4) is 0 Å². The molecule has 0 unspecified atom stereocenters. The molecule has 0 aliphatic carbocycles. The van der Waals surface area contributed by atoms with Gasteiger partial charge >= 0.3 is 0 Å². The molecule has 0 radical (unpaired) electrons. The Morgan fingerprint density at radius 1 is 0.962 bits per heavy atom. The maximum absolute atomic E-state index is 12.4. The van der Waals surface area contributed by atoms with Crippen molar-refractivity contribution in [2.24, 2.45) is 0 Å². The zero-order chi connectivity index (χ0) is 19.5. The van der Waals surface area contributed by atoms with E-state index in [4.69, 9.17) is 0 Å². The highest BCUT2D eigenvalue weighted by Crippen LogP contribution is 2.23. The number of amides is 1. The third kappa shape index (κ3) is 4.12. The largest absolute Gasteiger partial charge is 0.321 e. The van der Waals surface area contributed by atoms with Gasteiger partial charge in [0.2, 0.25) is 10.0 Å². The number of hydrogen-bond acceptors (Lipinski definition) is 5. The summed E-state index contributed by atoms with van der Waals surface area (Å²) < 4.78 is 49.5. The Labute approximate surface area is 153 Å². The fraction of sp³-hybridized carbons (Fsp3) is 0.235. The number of para-hydroxylation sites is 1. The fourth-order valence-corrected chi connectivity index (χ4v) is 4.13. The van der Waals surface area contributed by atoms with Crippen LogP contribution in [0.5, 0.6) is 0 Å². The van der Waals surface area contributed by atoms with Gasteiger partial charge in [-0.1, -0.05) is 19.1 Å². The molecular formula is C17H20N2O5S2. The molecule has 0 spiro atoms. The van der Waals surface area contributed by atoms with E-state index in [0.29, 0.717) is 0 Å². The molecule has 140 valence electrons. The Morgan fingerprint density at radius 3 is 2.08 bits per heavy atom. The molecule has 0 saturated carbocycles. The average Bonchev–Trinajstić information content (AvgIpc) is 2.62. The second kappa shape index (κ2) is 7.56. The number of sulfonamides is 1. The molecule has 2 aromatic rings. The minimum atomic E-state index is -3.59. The lowest BCUT2D eigenvalue weighted by Crippen LogP contribution is -2.22. The molecule has 0 saturated heterocycles. The summed E-state index contributed by atoms with van der Waals surface area (Å²) >= 11 is 0. The van der Waals surface area contributed by atoms with Crippen LogP contribution in [-0.4, -0.2) is 46.9 Å². The van der Waals surface area contributed by atoms with E-state index in [1.165, 1.54) is 57.4 Å². The zero-order valence-corrected chi connectivity index (χ0v) is 16.3. The second-order valence-electron chi connectivity index (χ2n) is 5.67. The molecule has 26 heavy (non-hydrogen) atoms. The Hall–Kier alpha value is -2.23. The molecule has 0 heterocycles. The van der Waals surface area contributed by atoms with Gasteiger partial charge in [-0.25, -0.2) is 21.1 Å². The van der Waals surface area contributed by atoms with Crippen molar-refractivity contribution in [3.05, 3.63) is 54.1 Å². The van der Waals surface area contributed by atoms with E-state index >= 15 is 0 Å². The SMILES string of the molecule is CCS(=O)(=O)c1ccccc1NC(=O)c1ccc(S(=O)(=O)N(C)C)cc1. The van der Waals surface area contributed by atoms with Crippen molar-refractivity contribution in [3.63, 3.8) is 0 Å². The van der Waals surface area contributed by atoms with Gasteiger partial charge in [0.05, 0.1) is 21.2 Å². The minimum absolute atomic E-state index is 0.0441. The van der Waals surface area contributed by atoms with Gasteiger partial charge in [-0.15, -0.1) is 0 Å². The first kappa shape index (κ1) is 20.1. The molecule has 9 heteroatoms. The van der Waals surface area contributed by atoms with Gasteiger partial charge in [-0.3, -0.25) is 4.79 Å². The number of benzene rings is 2. The first-order valence-electron chi connectivity index (χ1n) is 7.75. The topological polar surface area (TPSA) is 101 Å². The lowest BCUT2D eigenvalue weighted by molar-refractivity contribution is 0.102. The Kier molecular flexibility index (Phi) is 5.84. The van der Waals surface area contributed by atoms with E-state index in [1.807, 2.05) is 0 Å². The number of nitrogens with one attached hydrogen (secondary N) is 1. The summed E-state index contributed by atoms with van der Waals surface area (Å²) in [5.74, 6) is -0.616. The number of carbonyl (C=O) groups is 1. The number of nitrogens with zero attached hydrogens (tertiary/aromatic N) is 1. The van der Waals surface area contributed by atoms with Crippen LogP contribution in [0.2, 0.25) is 0 Å². The van der Waals surface area contributed by atoms with Gasteiger partial charge < -0.3 is 5.32 Å². The first-order valence-corrected chi connectivity index (χ1v) is 10.8. The summed E-state index contributed by atoms with van der Waals surface area (Å²) in [6, 6.07) is 11.6. The van der Waals surface area contributed by atoms with Gasteiger partial charge in [0.1, 0.15) is 0 Å². The Balaban J connectivity index is 2.30. The van der Waals surface area contributed by atoms with Crippen LogP contribution in [0.3, 0.4) is 0 Å². The summed E-state index contributed by atoms with van der Waals surface area (Å²) in [6.07, 6.45) is 0. The zero-order valence-electron chi connectivity index (χ0n) is 14.6. The van der Waals surface area contributed by atoms with Crippen LogP contribution < -0.4 is 5.32 Å². The van der Waals surface area contributed by atoms with Crippen molar-refractivity contribution in [2.45, 2.75) is 16.7 Å². The number of sulfone groups is 1. The van der Waals surface area contributed by atoms with Crippen LogP contribution in [0.1, 0.15) is 17.3 Å². The van der Waals surface area contributed by atoms with E-state index < -0.39 is 25.8 Å².